The molecule has 0 spiro atoms. The van der Waals surface area contributed by atoms with E-state index in [4.69, 9.17) is 18.9 Å². The van der Waals surface area contributed by atoms with Crippen molar-refractivity contribution in [1.82, 2.24) is 0 Å². The Morgan fingerprint density at radius 1 is 1.23 bits per heavy atom. The lowest BCUT2D eigenvalue weighted by Crippen LogP contribution is -2.37. The summed E-state index contributed by atoms with van der Waals surface area (Å²) in [5, 5.41) is 10.7. The summed E-state index contributed by atoms with van der Waals surface area (Å²) < 4.78 is 21.9. The van der Waals surface area contributed by atoms with Crippen LogP contribution in [-0.2, 0) is 33.3 Å². The highest BCUT2D eigenvalue weighted by Crippen LogP contribution is 2.40. The molecule has 7 atom stereocenters. The summed E-state index contributed by atoms with van der Waals surface area (Å²) in [6, 6.07) is 0. The molecule has 2 heterocycles. The van der Waals surface area contributed by atoms with Crippen LogP contribution in [-0.4, -0.2) is 59.1 Å². The van der Waals surface area contributed by atoms with Gasteiger partial charge in [0.1, 0.15) is 18.3 Å². The average molecular weight is 420 g/mol. The number of rotatable bonds is 3. The van der Waals surface area contributed by atoms with Gasteiger partial charge in [0.25, 0.3) is 0 Å². The van der Waals surface area contributed by atoms with E-state index >= 15 is 0 Å². The fourth-order valence-electron chi connectivity index (χ4n) is 3.78. The van der Waals surface area contributed by atoms with E-state index in [0.29, 0.717) is 11.1 Å². The van der Waals surface area contributed by atoms with Crippen molar-refractivity contribution in [3.05, 3.63) is 35.5 Å². The Kier molecular flexibility index (Phi) is 5.93. The van der Waals surface area contributed by atoms with E-state index in [1.54, 1.807) is 39.8 Å². The molecule has 2 fully saturated rings. The molecule has 2 saturated heterocycles. The second-order valence-electron chi connectivity index (χ2n) is 8.33. The lowest BCUT2D eigenvalue weighted by molar-refractivity contribution is -0.155. The maximum absolute atomic E-state index is 12.7. The highest BCUT2D eigenvalue weighted by Gasteiger charge is 2.58. The molecule has 2 aliphatic heterocycles. The topological polar surface area (TPSA) is 112 Å². The van der Waals surface area contributed by atoms with E-state index in [0.717, 1.165) is 0 Å². The largest absolute Gasteiger partial charge is 0.458 e. The first kappa shape index (κ1) is 22.2. The summed E-state index contributed by atoms with van der Waals surface area (Å²) in [6.45, 7) is 11.9. The predicted octanol–water partition coefficient (Wildman–Crippen LogP) is 1.76. The van der Waals surface area contributed by atoms with Crippen molar-refractivity contribution in [2.75, 3.05) is 0 Å². The van der Waals surface area contributed by atoms with Crippen LogP contribution in [0, 0.1) is 5.92 Å². The molecule has 8 heteroatoms. The van der Waals surface area contributed by atoms with Crippen molar-refractivity contribution >= 4 is 17.9 Å². The zero-order valence-corrected chi connectivity index (χ0v) is 17.8. The second-order valence-corrected chi connectivity index (χ2v) is 8.33. The first-order chi connectivity index (χ1) is 13.9. The first-order valence-corrected chi connectivity index (χ1v) is 9.94. The highest BCUT2D eigenvalue weighted by molar-refractivity contribution is 5.91. The third kappa shape index (κ3) is 4.20. The van der Waals surface area contributed by atoms with Gasteiger partial charge in [0.15, 0.2) is 5.60 Å². The molecule has 0 amide bonds. The van der Waals surface area contributed by atoms with E-state index in [1.165, 1.54) is 6.92 Å². The van der Waals surface area contributed by atoms with E-state index in [-0.39, 0.29) is 18.1 Å². The van der Waals surface area contributed by atoms with Gasteiger partial charge in [0.2, 0.25) is 0 Å². The molecule has 3 aliphatic rings. The Morgan fingerprint density at radius 3 is 2.43 bits per heavy atom. The van der Waals surface area contributed by atoms with Gasteiger partial charge in [-0.1, -0.05) is 6.58 Å². The molecule has 1 aliphatic carbocycles. The molecule has 0 unspecified atom stereocenters. The maximum atomic E-state index is 12.7. The SMILES string of the molecule is C=C1C(=O)O[C@@H]2/C=C(/C)[C@@H](OC(C)=O)C[C@H](O)/C(C)=C\[C@@H](OC(=O)[C@]3(C)O[C@@H]3C)[C@@H]12. The summed E-state index contributed by atoms with van der Waals surface area (Å²) >= 11 is 0. The Balaban J connectivity index is 1.99. The molecule has 0 radical (unpaired) electrons. The monoisotopic (exact) mass is 420 g/mol. The lowest BCUT2D eigenvalue weighted by atomic mass is 9.85. The fraction of sp³-hybridized carbons (Fsp3) is 0.591. The summed E-state index contributed by atoms with van der Waals surface area (Å²) in [6.07, 6.45) is -0.176. The van der Waals surface area contributed by atoms with Crippen LogP contribution in [0.15, 0.2) is 35.5 Å². The predicted molar refractivity (Wildman–Crippen MR) is 105 cm³/mol. The van der Waals surface area contributed by atoms with Crippen LogP contribution >= 0.6 is 0 Å². The number of aliphatic hydroxyl groups is 1. The summed E-state index contributed by atoms with van der Waals surface area (Å²) in [5.41, 5.74) is 0.260. The molecule has 8 nitrogen and oxygen atoms in total. The minimum Gasteiger partial charge on any atom is -0.458 e. The van der Waals surface area contributed by atoms with Gasteiger partial charge in [0.05, 0.1) is 18.1 Å². The van der Waals surface area contributed by atoms with Crippen LogP contribution in [0.3, 0.4) is 0 Å². The van der Waals surface area contributed by atoms with Crippen LogP contribution in [0.1, 0.15) is 41.0 Å². The van der Waals surface area contributed by atoms with Gasteiger partial charge in [-0.15, -0.1) is 0 Å². The smallest absolute Gasteiger partial charge is 0.341 e. The van der Waals surface area contributed by atoms with Gasteiger partial charge in [-0.3, -0.25) is 4.79 Å². The van der Waals surface area contributed by atoms with Gasteiger partial charge in [-0.05, 0) is 51.0 Å². The lowest BCUT2D eigenvalue weighted by Gasteiger charge is -2.29. The molecule has 0 saturated carbocycles. The number of hydrogen-bond acceptors (Lipinski definition) is 8. The minimum atomic E-state index is -1.04. The number of aliphatic hydroxyl groups excluding tert-OH is 1. The van der Waals surface area contributed by atoms with Crippen molar-refractivity contribution in [3.8, 4) is 0 Å². The van der Waals surface area contributed by atoms with Crippen molar-refractivity contribution in [3.63, 3.8) is 0 Å². The summed E-state index contributed by atoms with van der Waals surface area (Å²) in [4.78, 5) is 36.5. The third-order valence-corrected chi connectivity index (χ3v) is 6.04. The Bertz CT molecular complexity index is 840. The van der Waals surface area contributed by atoms with Crippen molar-refractivity contribution < 1.29 is 38.4 Å². The van der Waals surface area contributed by atoms with Crippen LogP contribution in [0.5, 0.6) is 0 Å². The Morgan fingerprint density at radius 2 is 1.87 bits per heavy atom. The van der Waals surface area contributed by atoms with Crippen LogP contribution < -0.4 is 0 Å². The van der Waals surface area contributed by atoms with E-state index in [9.17, 15) is 19.5 Å². The first-order valence-electron chi connectivity index (χ1n) is 9.94. The number of ether oxygens (including phenoxy) is 4. The Labute approximate surface area is 175 Å². The molecular formula is C22H28O8. The maximum Gasteiger partial charge on any atom is 0.341 e. The average Bonchev–Trinajstić information content (AvgIpc) is 3.17. The van der Waals surface area contributed by atoms with Crippen LogP contribution in [0.2, 0.25) is 0 Å². The van der Waals surface area contributed by atoms with Crippen LogP contribution in [0.4, 0.5) is 0 Å². The number of fused-ring (bicyclic) bond motifs is 1. The molecule has 3 rings (SSSR count). The standard InChI is InChI=1S/C22H28O8/c1-10-7-18(29-21(26)22(6)13(4)30-22)19-12(3)20(25)28-17(19)8-11(2)16(9-15(10)24)27-14(5)23/h7-8,13,15-19,24H,3,9H2,1-2,4-6H3/b10-7-,11-8-/t13-,15+,16+,17-,18-,19+,22-/m1/s1. The van der Waals surface area contributed by atoms with Gasteiger partial charge < -0.3 is 24.1 Å². The molecule has 0 aromatic heterocycles. The van der Waals surface area contributed by atoms with E-state index < -0.39 is 53.8 Å². The van der Waals surface area contributed by atoms with Crippen LogP contribution in [0.25, 0.3) is 0 Å². The summed E-state index contributed by atoms with van der Waals surface area (Å²) in [5.74, 6) is -2.32. The molecule has 0 aromatic carbocycles. The Hall–Kier alpha value is -2.45. The molecule has 30 heavy (non-hydrogen) atoms. The third-order valence-electron chi connectivity index (χ3n) is 6.04. The molecule has 0 bridgehead atoms. The van der Waals surface area contributed by atoms with E-state index in [1.807, 2.05) is 0 Å². The van der Waals surface area contributed by atoms with Crippen molar-refractivity contribution in [2.45, 2.75) is 77.2 Å². The molecule has 164 valence electrons. The molecule has 1 N–H and O–H groups in total. The zero-order chi connectivity index (χ0) is 22.4. The molecular weight excluding hydrogens is 392 g/mol. The normalized spacial score (nSPS) is 42.1. The number of carbonyl (C=O) groups is 3. The van der Waals surface area contributed by atoms with Gasteiger partial charge in [-0.25, -0.2) is 9.59 Å². The quantitative estimate of drug-likeness (QED) is 0.242. The number of carbonyl (C=O) groups excluding carboxylic acids is 3. The second kappa shape index (κ2) is 8.00. The summed E-state index contributed by atoms with van der Waals surface area (Å²) in [7, 11) is 0. The van der Waals surface area contributed by atoms with Gasteiger partial charge in [-0.2, -0.15) is 0 Å². The number of epoxide rings is 1. The van der Waals surface area contributed by atoms with Gasteiger partial charge >= 0.3 is 17.9 Å². The number of hydrogen-bond donors (Lipinski definition) is 1. The van der Waals surface area contributed by atoms with Crippen molar-refractivity contribution in [2.24, 2.45) is 5.92 Å². The van der Waals surface area contributed by atoms with Gasteiger partial charge in [0, 0.05) is 18.9 Å². The minimum absolute atomic E-state index is 0.120. The number of esters is 3. The fourth-order valence-corrected chi connectivity index (χ4v) is 3.78. The molecule has 0 aromatic rings. The van der Waals surface area contributed by atoms with E-state index in [2.05, 4.69) is 6.58 Å². The van der Waals surface area contributed by atoms with Crippen molar-refractivity contribution in [1.29, 1.82) is 0 Å². The zero-order valence-electron chi connectivity index (χ0n) is 17.8. The highest BCUT2D eigenvalue weighted by atomic mass is 16.7.